The first-order valence-electron chi connectivity index (χ1n) is 11.9. The second-order valence-electron chi connectivity index (χ2n) is 8.60. The predicted octanol–water partition coefficient (Wildman–Crippen LogP) is 5.28. The molecule has 190 valence electrons. The number of carboxylic acids is 1. The van der Waals surface area contributed by atoms with Gasteiger partial charge in [0, 0.05) is 23.4 Å². The lowest BCUT2D eigenvalue weighted by Gasteiger charge is -2.15. The summed E-state index contributed by atoms with van der Waals surface area (Å²) in [5.41, 5.74) is 3.29. The van der Waals surface area contributed by atoms with Crippen LogP contribution >= 0.6 is 11.6 Å². The molecule has 0 aliphatic rings. The summed E-state index contributed by atoms with van der Waals surface area (Å²) >= 11 is 5.87. The van der Waals surface area contributed by atoms with E-state index in [1.165, 1.54) is 0 Å². The lowest BCUT2D eigenvalue weighted by molar-refractivity contribution is -0.141. The van der Waals surface area contributed by atoms with E-state index < -0.39 is 12.0 Å². The molecule has 0 saturated heterocycles. The van der Waals surface area contributed by atoms with Crippen LogP contribution in [0.3, 0.4) is 0 Å². The van der Waals surface area contributed by atoms with Crippen LogP contribution in [0, 0.1) is 6.92 Å². The number of carbonyl (C=O) groups is 2. The molecule has 0 saturated carbocycles. The van der Waals surface area contributed by atoms with Gasteiger partial charge in [0.05, 0.1) is 18.7 Å². The van der Waals surface area contributed by atoms with E-state index in [1.807, 2.05) is 37.3 Å². The van der Waals surface area contributed by atoms with Gasteiger partial charge in [-0.3, -0.25) is 4.79 Å². The number of carboxylic acid groups (broad SMARTS) is 1. The largest absolute Gasteiger partial charge is 0.493 e. The zero-order valence-corrected chi connectivity index (χ0v) is 21.1. The molecule has 1 aromatic heterocycles. The smallest absolute Gasteiger partial charge is 0.326 e. The van der Waals surface area contributed by atoms with Gasteiger partial charge in [-0.15, -0.1) is 0 Å². The molecule has 4 aromatic rings. The summed E-state index contributed by atoms with van der Waals surface area (Å²) < 4.78 is 11.6. The minimum absolute atomic E-state index is 0.0750. The molecule has 0 aliphatic carbocycles. The standard InChI is InChI=1S/C29H27ClN2O5/c1-19-25(32-28(37-19)22-5-3-2-4-6-22)15-16-36-24-13-9-20(10-14-24)17-26(29(34)35)31-27(33)18-21-7-11-23(30)12-8-21/h2-14,26H,15-18H2,1H3,(H,31,33)(H,34,35)/t26-/m0/s1. The van der Waals surface area contributed by atoms with Crippen LogP contribution in [0.2, 0.25) is 5.02 Å². The highest BCUT2D eigenvalue weighted by Crippen LogP contribution is 2.22. The SMILES string of the molecule is Cc1oc(-c2ccccc2)nc1CCOc1ccc(C[C@H](NC(=O)Cc2ccc(Cl)cc2)C(=O)O)cc1. The third kappa shape index (κ3) is 7.44. The van der Waals surface area contributed by atoms with Crippen molar-refractivity contribution < 1.29 is 23.8 Å². The van der Waals surface area contributed by atoms with Crippen LogP contribution in [0.5, 0.6) is 5.75 Å². The van der Waals surface area contributed by atoms with Gasteiger partial charge in [-0.1, -0.05) is 54.1 Å². The van der Waals surface area contributed by atoms with E-state index in [0.29, 0.717) is 29.7 Å². The number of ether oxygens (including phenoxy) is 1. The normalized spacial score (nSPS) is 11.6. The molecular formula is C29H27ClN2O5. The summed E-state index contributed by atoms with van der Waals surface area (Å²) in [5, 5.41) is 12.8. The van der Waals surface area contributed by atoms with E-state index in [0.717, 1.165) is 28.1 Å². The zero-order chi connectivity index (χ0) is 26.2. The molecule has 0 spiro atoms. The summed E-state index contributed by atoms with van der Waals surface area (Å²) in [7, 11) is 0. The van der Waals surface area contributed by atoms with Gasteiger partial charge in [0.25, 0.3) is 0 Å². The summed E-state index contributed by atoms with van der Waals surface area (Å²) in [4.78, 5) is 28.7. The van der Waals surface area contributed by atoms with Gasteiger partial charge < -0.3 is 19.6 Å². The quantitative estimate of drug-likeness (QED) is 0.280. The Kier molecular flexibility index (Phi) is 8.59. The second kappa shape index (κ2) is 12.2. The number of aliphatic carboxylic acids is 1. The molecule has 0 unspecified atom stereocenters. The monoisotopic (exact) mass is 518 g/mol. The third-order valence-electron chi connectivity index (χ3n) is 5.80. The van der Waals surface area contributed by atoms with Gasteiger partial charge in [0.2, 0.25) is 11.8 Å². The summed E-state index contributed by atoms with van der Waals surface area (Å²) in [5.74, 6) is 0.545. The number of hydrogen-bond acceptors (Lipinski definition) is 5. The molecule has 1 heterocycles. The lowest BCUT2D eigenvalue weighted by Crippen LogP contribution is -2.43. The van der Waals surface area contributed by atoms with Crippen molar-refractivity contribution in [1.82, 2.24) is 10.3 Å². The molecule has 3 aromatic carbocycles. The number of carbonyl (C=O) groups excluding carboxylic acids is 1. The average molecular weight is 519 g/mol. The predicted molar refractivity (Wildman–Crippen MR) is 141 cm³/mol. The Labute approximate surface area is 220 Å². The van der Waals surface area contributed by atoms with Crippen molar-refractivity contribution in [2.45, 2.75) is 32.2 Å². The first-order chi connectivity index (χ1) is 17.9. The number of benzene rings is 3. The molecule has 2 N–H and O–H groups in total. The van der Waals surface area contributed by atoms with Crippen molar-refractivity contribution in [2.24, 2.45) is 0 Å². The molecule has 1 amide bonds. The minimum Gasteiger partial charge on any atom is -0.493 e. The first-order valence-corrected chi connectivity index (χ1v) is 12.3. The van der Waals surface area contributed by atoms with Gasteiger partial charge in [-0.05, 0) is 54.4 Å². The Morgan fingerprint density at radius 3 is 2.35 bits per heavy atom. The third-order valence-corrected chi connectivity index (χ3v) is 6.05. The van der Waals surface area contributed by atoms with E-state index in [2.05, 4.69) is 10.3 Å². The average Bonchev–Trinajstić information content (AvgIpc) is 3.27. The molecule has 1 atom stereocenters. The number of aryl methyl sites for hydroxylation is 1. The fourth-order valence-electron chi connectivity index (χ4n) is 3.82. The van der Waals surface area contributed by atoms with Crippen LogP contribution in [0.4, 0.5) is 0 Å². The maximum Gasteiger partial charge on any atom is 0.326 e. The highest BCUT2D eigenvalue weighted by atomic mass is 35.5. The molecule has 7 nitrogen and oxygen atoms in total. The van der Waals surface area contributed by atoms with Crippen LogP contribution in [0.1, 0.15) is 22.6 Å². The molecular weight excluding hydrogens is 492 g/mol. The van der Waals surface area contributed by atoms with Crippen LogP contribution in [-0.2, 0) is 28.9 Å². The summed E-state index contributed by atoms with van der Waals surface area (Å²) in [6.45, 7) is 2.30. The van der Waals surface area contributed by atoms with Gasteiger partial charge in [-0.25, -0.2) is 9.78 Å². The maximum atomic E-state index is 12.4. The van der Waals surface area contributed by atoms with Crippen molar-refractivity contribution in [2.75, 3.05) is 6.61 Å². The Balaban J connectivity index is 1.28. The number of oxazole rings is 1. The summed E-state index contributed by atoms with van der Waals surface area (Å²) in [6, 6.07) is 22.7. The molecule has 8 heteroatoms. The molecule has 0 radical (unpaired) electrons. The van der Waals surface area contributed by atoms with E-state index in [1.54, 1.807) is 48.5 Å². The van der Waals surface area contributed by atoms with Gasteiger partial charge in [0.1, 0.15) is 17.6 Å². The second-order valence-corrected chi connectivity index (χ2v) is 9.03. The van der Waals surface area contributed by atoms with Gasteiger partial charge >= 0.3 is 5.97 Å². The number of nitrogens with one attached hydrogen (secondary N) is 1. The number of aromatic nitrogens is 1. The molecule has 0 bridgehead atoms. The van der Waals surface area contributed by atoms with Crippen molar-refractivity contribution >= 4 is 23.5 Å². The van der Waals surface area contributed by atoms with Crippen molar-refractivity contribution in [3.05, 3.63) is 106 Å². The van der Waals surface area contributed by atoms with E-state index >= 15 is 0 Å². The maximum absolute atomic E-state index is 12.4. The van der Waals surface area contributed by atoms with Crippen LogP contribution in [0.15, 0.2) is 83.3 Å². The van der Waals surface area contributed by atoms with Crippen LogP contribution < -0.4 is 10.1 Å². The Hall–Kier alpha value is -4.10. The number of nitrogens with zero attached hydrogens (tertiary/aromatic N) is 1. The summed E-state index contributed by atoms with van der Waals surface area (Å²) in [6.07, 6.45) is 0.818. The van der Waals surface area contributed by atoms with E-state index in [-0.39, 0.29) is 18.7 Å². The van der Waals surface area contributed by atoms with Crippen LogP contribution in [0.25, 0.3) is 11.5 Å². The molecule has 0 aliphatic heterocycles. The topological polar surface area (TPSA) is 102 Å². The number of rotatable bonds is 11. The number of halogens is 1. The fraction of sp³-hybridized carbons (Fsp3) is 0.207. The van der Waals surface area contributed by atoms with Crippen LogP contribution in [-0.4, -0.2) is 34.6 Å². The van der Waals surface area contributed by atoms with E-state index in [9.17, 15) is 14.7 Å². The van der Waals surface area contributed by atoms with Crippen molar-refractivity contribution in [3.63, 3.8) is 0 Å². The molecule has 37 heavy (non-hydrogen) atoms. The fourth-order valence-corrected chi connectivity index (χ4v) is 3.95. The first kappa shape index (κ1) is 26.0. The highest BCUT2D eigenvalue weighted by Gasteiger charge is 2.20. The zero-order valence-electron chi connectivity index (χ0n) is 20.3. The Morgan fingerprint density at radius 2 is 1.68 bits per heavy atom. The Morgan fingerprint density at radius 1 is 1.00 bits per heavy atom. The van der Waals surface area contributed by atoms with Gasteiger partial charge in [-0.2, -0.15) is 0 Å². The number of amides is 1. The molecule has 0 fully saturated rings. The van der Waals surface area contributed by atoms with Crippen molar-refractivity contribution in [3.8, 4) is 17.2 Å². The van der Waals surface area contributed by atoms with Crippen molar-refractivity contribution in [1.29, 1.82) is 0 Å². The molecule has 4 rings (SSSR count). The Bertz CT molecular complexity index is 1340. The minimum atomic E-state index is -1.09. The lowest BCUT2D eigenvalue weighted by atomic mass is 10.0. The van der Waals surface area contributed by atoms with Gasteiger partial charge in [0.15, 0.2) is 0 Å². The highest BCUT2D eigenvalue weighted by molar-refractivity contribution is 6.30. The number of hydrogen-bond donors (Lipinski definition) is 2. The van der Waals surface area contributed by atoms with E-state index in [4.69, 9.17) is 20.8 Å².